The highest BCUT2D eigenvalue weighted by Gasteiger charge is 2.34. The molecule has 2 N–H and O–H groups in total. The van der Waals surface area contributed by atoms with E-state index in [-0.39, 0.29) is 11.8 Å². The summed E-state index contributed by atoms with van der Waals surface area (Å²) in [5.74, 6) is 0.0342. The SMILES string of the molecule is CC(C)n1cc2cccc(C(=O)CCC3(O)CCN(CC(C)(C)O)CC3)c2n1. The first-order valence-corrected chi connectivity index (χ1v) is 10.2. The van der Waals surface area contributed by atoms with Crippen molar-refractivity contribution in [1.82, 2.24) is 14.7 Å². The van der Waals surface area contributed by atoms with Gasteiger partial charge in [0.25, 0.3) is 0 Å². The molecule has 0 aliphatic carbocycles. The second kappa shape index (κ2) is 7.93. The Balaban J connectivity index is 1.62. The summed E-state index contributed by atoms with van der Waals surface area (Å²) in [6, 6.07) is 5.94. The molecule has 154 valence electrons. The molecule has 2 heterocycles. The highest BCUT2D eigenvalue weighted by atomic mass is 16.3. The van der Waals surface area contributed by atoms with Crippen molar-refractivity contribution in [3.63, 3.8) is 0 Å². The number of Topliss-reactive ketones (excluding diaryl/α,β-unsaturated/α-hetero) is 1. The van der Waals surface area contributed by atoms with Crippen molar-refractivity contribution in [2.24, 2.45) is 0 Å². The van der Waals surface area contributed by atoms with Crippen LogP contribution in [0.4, 0.5) is 0 Å². The Bertz CT molecular complexity index is 827. The van der Waals surface area contributed by atoms with Crippen molar-refractivity contribution in [3.8, 4) is 0 Å². The summed E-state index contributed by atoms with van der Waals surface area (Å²) in [4.78, 5) is 15.0. The van der Waals surface area contributed by atoms with Crippen LogP contribution in [0.25, 0.3) is 10.9 Å². The molecule has 0 radical (unpaired) electrons. The lowest BCUT2D eigenvalue weighted by molar-refractivity contribution is -0.0464. The number of rotatable bonds is 7. The molecule has 3 rings (SSSR count). The minimum atomic E-state index is -0.809. The molecule has 0 spiro atoms. The summed E-state index contributed by atoms with van der Waals surface area (Å²) in [6.45, 7) is 9.80. The Hall–Kier alpha value is -1.76. The quantitative estimate of drug-likeness (QED) is 0.714. The minimum Gasteiger partial charge on any atom is -0.390 e. The van der Waals surface area contributed by atoms with E-state index in [4.69, 9.17) is 0 Å². The molecule has 1 aromatic carbocycles. The van der Waals surface area contributed by atoms with Crippen LogP contribution in [-0.4, -0.2) is 61.5 Å². The van der Waals surface area contributed by atoms with Gasteiger partial charge in [-0.15, -0.1) is 0 Å². The Morgan fingerprint density at radius 1 is 1.29 bits per heavy atom. The van der Waals surface area contributed by atoms with Gasteiger partial charge in [-0.2, -0.15) is 5.10 Å². The third kappa shape index (κ3) is 4.99. The standard InChI is InChI=1S/C22H33N3O3/c1-16(2)25-14-17-6-5-7-18(20(17)23-25)19(26)8-9-22(28)10-12-24(13-11-22)15-21(3,4)27/h5-7,14,16,27-28H,8-13,15H2,1-4H3. The average molecular weight is 388 g/mol. The van der Waals surface area contributed by atoms with E-state index in [1.165, 1.54) is 0 Å². The molecule has 0 unspecified atom stereocenters. The maximum absolute atomic E-state index is 12.9. The Kier molecular flexibility index (Phi) is 5.94. The number of benzene rings is 1. The second-order valence-electron chi connectivity index (χ2n) is 9.18. The maximum atomic E-state index is 12.9. The Morgan fingerprint density at radius 2 is 1.96 bits per heavy atom. The summed E-state index contributed by atoms with van der Waals surface area (Å²) >= 11 is 0. The number of piperidine rings is 1. The number of β-amino-alcohol motifs (C(OH)–C–C–N with tert-alkyl or cyclic N) is 1. The lowest BCUT2D eigenvalue weighted by Crippen LogP contribution is -2.48. The molecule has 0 saturated carbocycles. The third-order valence-electron chi connectivity index (χ3n) is 5.60. The van der Waals surface area contributed by atoms with Crippen LogP contribution in [0.2, 0.25) is 0 Å². The van der Waals surface area contributed by atoms with E-state index in [9.17, 15) is 15.0 Å². The Labute approximate surface area is 167 Å². The molecule has 0 bridgehead atoms. The zero-order valence-corrected chi connectivity index (χ0v) is 17.5. The van der Waals surface area contributed by atoms with Gasteiger partial charge >= 0.3 is 0 Å². The highest BCUT2D eigenvalue weighted by molar-refractivity contribution is 6.06. The molecule has 28 heavy (non-hydrogen) atoms. The van der Waals surface area contributed by atoms with Gasteiger partial charge in [0.15, 0.2) is 5.78 Å². The molecular formula is C22H33N3O3. The van der Waals surface area contributed by atoms with Gasteiger partial charge in [-0.25, -0.2) is 0 Å². The van der Waals surface area contributed by atoms with Gasteiger partial charge in [0.1, 0.15) is 5.52 Å². The number of fused-ring (bicyclic) bond motifs is 1. The zero-order chi connectivity index (χ0) is 20.5. The number of carbonyl (C=O) groups is 1. The molecule has 2 aromatic rings. The van der Waals surface area contributed by atoms with E-state index in [1.807, 2.05) is 29.1 Å². The van der Waals surface area contributed by atoms with Crippen LogP contribution in [0.1, 0.15) is 69.8 Å². The van der Waals surface area contributed by atoms with Crippen molar-refractivity contribution >= 4 is 16.7 Å². The molecule has 1 aliphatic rings. The maximum Gasteiger partial charge on any atom is 0.165 e. The molecule has 1 fully saturated rings. The van der Waals surface area contributed by atoms with Crippen molar-refractivity contribution in [2.75, 3.05) is 19.6 Å². The first-order chi connectivity index (χ1) is 13.1. The zero-order valence-electron chi connectivity index (χ0n) is 17.5. The fraction of sp³-hybridized carbons (Fsp3) is 0.636. The number of ketones is 1. The predicted octanol–water partition coefficient (Wildman–Crippen LogP) is 3.18. The summed E-state index contributed by atoms with van der Waals surface area (Å²) in [5.41, 5.74) is -0.159. The highest BCUT2D eigenvalue weighted by Crippen LogP contribution is 2.29. The summed E-state index contributed by atoms with van der Waals surface area (Å²) in [7, 11) is 0. The number of carbonyl (C=O) groups excluding carboxylic acids is 1. The van der Waals surface area contributed by atoms with E-state index < -0.39 is 11.2 Å². The third-order valence-corrected chi connectivity index (χ3v) is 5.60. The smallest absolute Gasteiger partial charge is 0.165 e. The van der Waals surface area contributed by atoms with Gasteiger partial charge in [0.2, 0.25) is 0 Å². The van der Waals surface area contributed by atoms with Gasteiger partial charge in [0, 0.05) is 49.2 Å². The molecule has 0 amide bonds. The first kappa shape index (κ1) is 21.0. The monoisotopic (exact) mass is 387 g/mol. The van der Waals surface area contributed by atoms with Crippen molar-refractivity contribution in [2.45, 2.75) is 70.6 Å². The minimum absolute atomic E-state index is 0.0342. The summed E-state index contributed by atoms with van der Waals surface area (Å²) in [6.07, 6.45) is 4.01. The number of aromatic nitrogens is 2. The summed E-state index contributed by atoms with van der Waals surface area (Å²) in [5, 5.41) is 26.4. The molecule has 1 aromatic heterocycles. The molecule has 0 atom stereocenters. The lowest BCUT2D eigenvalue weighted by Gasteiger charge is -2.40. The molecule has 6 nitrogen and oxygen atoms in total. The van der Waals surface area contributed by atoms with Crippen molar-refractivity contribution < 1.29 is 15.0 Å². The average Bonchev–Trinajstić information content (AvgIpc) is 3.05. The Morgan fingerprint density at radius 3 is 2.57 bits per heavy atom. The predicted molar refractivity (Wildman–Crippen MR) is 111 cm³/mol. The van der Waals surface area contributed by atoms with Crippen LogP contribution >= 0.6 is 0 Å². The van der Waals surface area contributed by atoms with E-state index >= 15 is 0 Å². The van der Waals surface area contributed by atoms with Crippen LogP contribution in [0.5, 0.6) is 0 Å². The van der Waals surface area contributed by atoms with Gasteiger partial charge in [-0.1, -0.05) is 12.1 Å². The second-order valence-corrected chi connectivity index (χ2v) is 9.18. The number of aliphatic hydroxyl groups is 2. The topological polar surface area (TPSA) is 78.6 Å². The van der Waals surface area contributed by atoms with Gasteiger partial charge in [0.05, 0.1) is 11.2 Å². The molecule has 1 aliphatic heterocycles. The number of likely N-dealkylation sites (tertiary alicyclic amines) is 1. The van der Waals surface area contributed by atoms with E-state index in [2.05, 4.69) is 23.8 Å². The van der Waals surface area contributed by atoms with Gasteiger partial charge in [-0.3, -0.25) is 9.48 Å². The number of hydrogen-bond donors (Lipinski definition) is 2. The molecular weight excluding hydrogens is 354 g/mol. The van der Waals surface area contributed by atoms with Crippen molar-refractivity contribution in [1.29, 1.82) is 0 Å². The van der Waals surface area contributed by atoms with E-state index in [0.29, 0.717) is 37.8 Å². The van der Waals surface area contributed by atoms with Crippen LogP contribution in [0.15, 0.2) is 24.4 Å². The number of nitrogens with zero attached hydrogens (tertiary/aromatic N) is 3. The first-order valence-electron chi connectivity index (χ1n) is 10.2. The van der Waals surface area contributed by atoms with Crippen LogP contribution in [0.3, 0.4) is 0 Å². The van der Waals surface area contributed by atoms with Gasteiger partial charge in [-0.05, 0) is 53.0 Å². The van der Waals surface area contributed by atoms with Crippen molar-refractivity contribution in [3.05, 3.63) is 30.0 Å². The fourth-order valence-electron chi connectivity index (χ4n) is 3.96. The fourth-order valence-corrected chi connectivity index (χ4v) is 3.96. The van der Waals surface area contributed by atoms with Crippen LogP contribution in [-0.2, 0) is 0 Å². The van der Waals surface area contributed by atoms with Gasteiger partial charge < -0.3 is 15.1 Å². The number of hydrogen-bond acceptors (Lipinski definition) is 5. The normalized spacial score (nSPS) is 18.1. The van der Waals surface area contributed by atoms with Crippen LogP contribution in [0, 0.1) is 0 Å². The van der Waals surface area contributed by atoms with E-state index in [1.54, 1.807) is 13.8 Å². The molecule has 1 saturated heterocycles. The van der Waals surface area contributed by atoms with E-state index in [0.717, 1.165) is 24.0 Å². The molecule has 6 heteroatoms. The largest absolute Gasteiger partial charge is 0.390 e. The van der Waals surface area contributed by atoms with Crippen LogP contribution < -0.4 is 0 Å². The summed E-state index contributed by atoms with van der Waals surface area (Å²) < 4.78 is 1.88. The lowest BCUT2D eigenvalue weighted by atomic mass is 9.85.